The molecule has 0 saturated heterocycles. The molecule has 6 nitrogen and oxygen atoms in total. The van der Waals surface area contributed by atoms with Crippen LogP contribution in [-0.4, -0.2) is 35.5 Å². The Morgan fingerprint density at radius 1 is 1.32 bits per heavy atom. The fourth-order valence-electron chi connectivity index (χ4n) is 2.91. The Morgan fingerprint density at radius 2 is 2.05 bits per heavy atom. The summed E-state index contributed by atoms with van der Waals surface area (Å²) < 4.78 is 0. The summed E-state index contributed by atoms with van der Waals surface area (Å²) in [6.45, 7) is 2.14. The summed E-state index contributed by atoms with van der Waals surface area (Å²) in [5.41, 5.74) is 2.22. The van der Waals surface area contributed by atoms with Crippen LogP contribution in [0.2, 0.25) is 0 Å². The summed E-state index contributed by atoms with van der Waals surface area (Å²) in [6.07, 6.45) is 2.39. The van der Waals surface area contributed by atoms with Crippen LogP contribution in [-0.2, 0) is 16.0 Å². The molecule has 22 heavy (non-hydrogen) atoms. The summed E-state index contributed by atoms with van der Waals surface area (Å²) in [7, 11) is 0. The van der Waals surface area contributed by atoms with E-state index in [0.29, 0.717) is 18.5 Å². The van der Waals surface area contributed by atoms with Crippen molar-refractivity contribution in [2.75, 3.05) is 11.4 Å². The first-order chi connectivity index (χ1) is 10.5. The monoisotopic (exact) mass is 302 g/mol. The molecule has 0 radical (unpaired) electrons. The van der Waals surface area contributed by atoms with E-state index in [1.54, 1.807) is 23.1 Å². The van der Waals surface area contributed by atoms with Gasteiger partial charge in [-0.3, -0.25) is 9.59 Å². The van der Waals surface area contributed by atoms with Crippen molar-refractivity contribution in [1.82, 2.24) is 5.32 Å². The molecule has 6 heteroatoms. The summed E-state index contributed by atoms with van der Waals surface area (Å²) in [6, 6.07) is 4.33. The van der Waals surface area contributed by atoms with Gasteiger partial charge < -0.3 is 15.3 Å². The largest absolute Gasteiger partial charge is 0.480 e. The van der Waals surface area contributed by atoms with E-state index in [9.17, 15) is 19.5 Å². The van der Waals surface area contributed by atoms with Crippen molar-refractivity contribution in [1.29, 1.82) is 0 Å². The Kier molecular flexibility index (Phi) is 3.60. The van der Waals surface area contributed by atoms with Gasteiger partial charge in [-0.15, -0.1) is 0 Å². The van der Waals surface area contributed by atoms with Crippen molar-refractivity contribution >= 4 is 23.5 Å². The Balaban J connectivity index is 1.77. The predicted molar refractivity (Wildman–Crippen MR) is 79.8 cm³/mol. The normalized spacial score (nSPS) is 17.8. The minimum Gasteiger partial charge on any atom is -0.480 e. The zero-order chi connectivity index (χ0) is 15.9. The number of carboxylic acids is 1. The average molecular weight is 302 g/mol. The zero-order valence-corrected chi connectivity index (χ0v) is 12.3. The molecule has 0 aromatic heterocycles. The van der Waals surface area contributed by atoms with E-state index in [0.717, 1.165) is 24.1 Å². The molecule has 1 aromatic rings. The van der Waals surface area contributed by atoms with E-state index in [1.165, 1.54) is 6.92 Å². The first-order valence-electron chi connectivity index (χ1n) is 7.42. The molecule has 2 N–H and O–H groups in total. The highest BCUT2D eigenvalue weighted by molar-refractivity contribution is 5.99. The number of carboxylic acid groups (broad SMARTS) is 1. The van der Waals surface area contributed by atoms with Gasteiger partial charge in [-0.05, 0) is 48.9 Å². The average Bonchev–Trinajstić information content (AvgIpc) is 3.21. The number of benzene rings is 1. The maximum atomic E-state index is 12.3. The Labute approximate surface area is 128 Å². The molecular formula is C16H18N2O4. The minimum absolute atomic E-state index is 0.0179. The molecular weight excluding hydrogens is 284 g/mol. The number of amides is 2. The molecule has 3 rings (SSSR count). The summed E-state index contributed by atoms with van der Waals surface area (Å²) in [5, 5.41) is 11.8. The van der Waals surface area contributed by atoms with Gasteiger partial charge in [-0.25, -0.2) is 4.79 Å². The van der Waals surface area contributed by atoms with Crippen LogP contribution in [0, 0.1) is 5.92 Å². The predicted octanol–water partition coefficient (Wildman–Crippen LogP) is 1.19. The van der Waals surface area contributed by atoms with Crippen LogP contribution in [0.5, 0.6) is 0 Å². The maximum absolute atomic E-state index is 12.3. The molecule has 2 aliphatic rings. The number of carbonyl (C=O) groups excluding carboxylic acids is 2. The lowest BCUT2D eigenvalue weighted by Crippen LogP contribution is -2.42. The van der Waals surface area contributed by atoms with E-state index in [2.05, 4.69) is 5.32 Å². The molecule has 1 saturated carbocycles. The zero-order valence-electron chi connectivity index (χ0n) is 12.3. The van der Waals surface area contributed by atoms with Crippen LogP contribution in [0.3, 0.4) is 0 Å². The molecule has 1 heterocycles. The van der Waals surface area contributed by atoms with Crippen LogP contribution in [0.15, 0.2) is 18.2 Å². The molecule has 1 unspecified atom stereocenters. The number of anilines is 1. The van der Waals surface area contributed by atoms with Gasteiger partial charge in [0.15, 0.2) is 0 Å². The second-order valence-corrected chi connectivity index (χ2v) is 5.89. The third-order valence-electron chi connectivity index (χ3n) is 4.26. The molecule has 1 aliphatic heterocycles. The second kappa shape index (κ2) is 5.44. The van der Waals surface area contributed by atoms with Gasteiger partial charge in [0.2, 0.25) is 5.91 Å². The SMILES string of the molecule is CC(=O)N1CCc2cc(C(=O)NC(C(=O)O)C3CC3)ccc21. The van der Waals surface area contributed by atoms with Crippen LogP contribution in [0.25, 0.3) is 0 Å². The smallest absolute Gasteiger partial charge is 0.326 e. The molecule has 1 aliphatic carbocycles. The lowest BCUT2D eigenvalue weighted by Gasteiger charge is -2.16. The molecule has 1 fully saturated rings. The van der Waals surface area contributed by atoms with E-state index in [4.69, 9.17) is 0 Å². The van der Waals surface area contributed by atoms with Gasteiger partial charge in [0.25, 0.3) is 5.91 Å². The third-order valence-corrected chi connectivity index (χ3v) is 4.26. The van der Waals surface area contributed by atoms with Crippen molar-refractivity contribution in [3.05, 3.63) is 29.3 Å². The highest BCUT2D eigenvalue weighted by Crippen LogP contribution is 2.33. The van der Waals surface area contributed by atoms with E-state index in [1.807, 2.05) is 0 Å². The highest BCUT2D eigenvalue weighted by atomic mass is 16.4. The Hall–Kier alpha value is -2.37. The maximum Gasteiger partial charge on any atom is 0.326 e. The van der Waals surface area contributed by atoms with Crippen molar-refractivity contribution < 1.29 is 19.5 Å². The fraction of sp³-hybridized carbons (Fsp3) is 0.438. The number of aliphatic carboxylic acids is 1. The Bertz CT molecular complexity index is 652. The number of hydrogen-bond acceptors (Lipinski definition) is 3. The molecule has 0 bridgehead atoms. The first kappa shape index (κ1) is 14.6. The summed E-state index contributed by atoms with van der Waals surface area (Å²) in [4.78, 5) is 36.6. The first-order valence-corrected chi connectivity index (χ1v) is 7.42. The van der Waals surface area contributed by atoms with Crippen molar-refractivity contribution in [2.24, 2.45) is 5.92 Å². The number of fused-ring (bicyclic) bond motifs is 1. The number of hydrogen-bond donors (Lipinski definition) is 2. The lowest BCUT2D eigenvalue weighted by molar-refractivity contribution is -0.139. The molecule has 1 aromatic carbocycles. The van der Waals surface area contributed by atoms with Crippen molar-refractivity contribution in [2.45, 2.75) is 32.2 Å². The second-order valence-electron chi connectivity index (χ2n) is 5.89. The fourth-order valence-corrected chi connectivity index (χ4v) is 2.91. The van der Waals surface area contributed by atoms with Gasteiger partial charge in [0.05, 0.1) is 0 Å². The van der Waals surface area contributed by atoms with Crippen LogP contribution in [0.4, 0.5) is 5.69 Å². The van der Waals surface area contributed by atoms with Gasteiger partial charge in [0, 0.05) is 24.7 Å². The van der Waals surface area contributed by atoms with Gasteiger partial charge in [-0.2, -0.15) is 0 Å². The highest BCUT2D eigenvalue weighted by Gasteiger charge is 2.37. The quantitative estimate of drug-likeness (QED) is 0.874. The van der Waals surface area contributed by atoms with Crippen LogP contribution < -0.4 is 10.2 Å². The van der Waals surface area contributed by atoms with Crippen molar-refractivity contribution in [3.63, 3.8) is 0 Å². The van der Waals surface area contributed by atoms with Gasteiger partial charge in [-0.1, -0.05) is 0 Å². The topological polar surface area (TPSA) is 86.7 Å². The Morgan fingerprint density at radius 3 is 2.64 bits per heavy atom. The number of carbonyl (C=O) groups is 3. The van der Waals surface area contributed by atoms with Crippen LogP contribution >= 0.6 is 0 Å². The summed E-state index contributed by atoms with van der Waals surface area (Å²) >= 11 is 0. The third kappa shape index (κ3) is 2.68. The number of rotatable bonds is 4. The molecule has 0 spiro atoms. The standard InChI is InChI=1S/C16H18N2O4/c1-9(19)18-7-6-11-8-12(4-5-13(11)18)15(20)17-14(16(21)22)10-2-3-10/h4-5,8,10,14H,2-3,6-7H2,1H3,(H,17,20)(H,21,22). The lowest BCUT2D eigenvalue weighted by atomic mass is 10.1. The van der Waals surface area contributed by atoms with Gasteiger partial charge >= 0.3 is 5.97 Å². The van der Waals surface area contributed by atoms with Crippen molar-refractivity contribution in [3.8, 4) is 0 Å². The van der Waals surface area contributed by atoms with E-state index < -0.39 is 12.0 Å². The minimum atomic E-state index is -0.986. The molecule has 2 amide bonds. The number of nitrogens with zero attached hydrogens (tertiary/aromatic N) is 1. The van der Waals surface area contributed by atoms with E-state index >= 15 is 0 Å². The molecule has 116 valence electrons. The molecule has 1 atom stereocenters. The van der Waals surface area contributed by atoms with Gasteiger partial charge in [0.1, 0.15) is 6.04 Å². The van der Waals surface area contributed by atoms with Crippen LogP contribution in [0.1, 0.15) is 35.7 Å². The summed E-state index contributed by atoms with van der Waals surface area (Å²) in [5.74, 6) is -1.33. The van der Waals surface area contributed by atoms with E-state index in [-0.39, 0.29) is 17.7 Å². The number of nitrogens with one attached hydrogen (secondary N) is 1.